The van der Waals surface area contributed by atoms with Crippen molar-refractivity contribution in [3.05, 3.63) is 0 Å². The van der Waals surface area contributed by atoms with Crippen molar-refractivity contribution in [3.8, 4) is 0 Å². The van der Waals surface area contributed by atoms with E-state index in [4.69, 9.17) is 0 Å². The molecule has 3 atom stereocenters. The van der Waals surface area contributed by atoms with Gasteiger partial charge in [-0.25, -0.2) is 0 Å². The van der Waals surface area contributed by atoms with Gasteiger partial charge in [0.25, 0.3) is 0 Å². The van der Waals surface area contributed by atoms with Gasteiger partial charge in [0, 0.05) is 18.6 Å². The van der Waals surface area contributed by atoms with E-state index >= 15 is 0 Å². The quantitative estimate of drug-likeness (QED) is 0.687. The van der Waals surface area contributed by atoms with Crippen LogP contribution in [0.4, 0.5) is 0 Å². The van der Waals surface area contributed by atoms with Crippen molar-refractivity contribution in [1.82, 2.24) is 10.2 Å². The van der Waals surface area contributed by atoms with Gasteiger partial charge >= 0.3 is 0 Å². The lowest BCUT2D eigenvalue weighted by Gasteiger charge is -2.44. The average Bonchev–Trinajstić information content (AvgIpc) is 2.16. The summed E-state index contributed by atoms with van der Waals surface area (Å²) in [6.07, 6.45) is 2.79. The summed E-state index contributed by atoms with van der Waals surface area (Å²) in [5, 5.41) is 3.61. The summed E-state index contributed by atoms with van der Waals surface area (Å²) in [4.78, 5) is 2.65. The first-order chi connectivity index (χ1) is 6.66. The van der Waals surface area contributed by atoms with Gasteiger partial charge in [-0.15, -0.1) is 0 Å². The zero-order valence-corrected chi connectivity index (χ0v) is 9.79. The lowest BCUT2D eigenvalue weighted by molar-refractivity contribution is 0.0636. The van der Waals surface area contributed by atoms with Gasteiger partial charge < -0.3 is 10.2 Å². The Balaban J connectivity index is 1.93. The molecule has 1 N–H and O–H groups in total. The molecule has 0 aromatic carbocycles. The molecule has 14 heavy (non-hydrogen) atoms. The van der Waals surface area contributed by atoms with Crippen molar-refractivity contribution >= 4 is 0 Å². The maximum atomic E-state index is 3.61. The molecule has 2 fully saturated rings. The van der Waals surface area contributed by atoms with Gasteiger partial charge in [0.15, 0.2) is 0 Å². The van der Waals surface area contributed by atoms with E-state index in [-0.39, 0.29) is 0 Å². The second kappa shape index (κ2) is 4.19. The van der Waals surface area contributed by atoms with Crippen LogP contribution in [0.1, 0.15) is 33.6 Å². The van der Waals surface area contributed by atoms with E-state index in [1.807, 2.05) is 0 Å². The van der Waals surface area contributed by atoms with Gasteiger partial charge in [0.1, 0.15) is 0 Å². The normalized spacial score (nSPS) is 39.9. The molecule has 2 aliphatic heterocycles. The number of rotatable bonds is 1. The highest BCUT2D eigenvalue weighted by molar-refractivity contribution is 4.88. The third kappa shape index (κ3) is 2.12. The van der Waals surface area contributed by atoms with Crippen LogP contribution in [0.5, 0.6) is 0 Å². The number of nitrogens with zero attached hydrogens (tertiary/aromatic N) is 1. The third-order valence-electron chi connectivity index (χ3n) is 4.04. The van der Waals surface area contributed by atoms with Gasteiger partial charge in [0.2, 0.25) is 0 Å². The molecule has 0 saturated carbocycles. The predicted molar refractivity (Wildman–Crippen MR) is 60.4 cm³/mol. The number of nitrogens with one attached hydrogen (secondary N) is 1. The van der Waals surface area contributed by atoms with Crippen molar-refractivity contribution in [2.24, 2.45) is 11.8 Å². The van der Waals surface area contributed by atoms with Crippen molar-refractivity contribution in [2.45, 2.75) is 45.7 Å². The number of likely N-dealkylation sites (tertiary alicyclic amines) is 1. The molecule has 2 rings (SSSR count). The van der Waals surface area contributed by atoms with Gasteiger partial charge in [-0.3, -0.25) is 0 Å². The van der Waals surface area contributed by atoms with Gasteiger partial charge in [-0.1, -0.05) is 0 Å². The zero-order chi connectivity index (χ0) is 10.1. The molecule has 2 heteroatoms. The first kappa shape index (κ1) is 10.4. The minimum Gasteiger partial charge on any atom is -0.314 e. The molecule has 0 amide bonds. The van der Waals surface area contributed by atoms with Crippen molar-refractivity contribution in [2.75, 3.05) is 19.6 Å². The largest absolute Gasteiger partial charge is 0.314 e. The van der Waals surface area contributed by atoms with E-state index in [1.54, 1.807) is 0 Å². The lowest BCUT2D eigenvalue weighted by Crippen LogP contribution is -2.52. The Labute approximate surface area is 88.1 Å². The molecule has 0 spiro atoms. The van der Waals surface area contributed by atoms with E-state index in [1.165, 1.54) is 32.5 Å². The third-order valence-corrected chi connectivity index (χ3v) is 4.04. The van der Waals surface area contributed by atoms with Crippen LogP contribution >= 0.6 is 0 Å². The number of hydrogen-bond acceptors (Lipinski definition) is 2. The maximum Gasteiger partial charge on any atom is 0.00420 e. The van der Waals surface area contributed by atoms with Gasteiger partial charge in [-0.05, 0) is 58.5 Å². The van der Waals surface area contributed by atoms with E-state index in [0.717, 1.165) is 23.9 Å². The highest BCUT2D eigenvalue weighted by atomic mass is 15.2. The minimum absolute atomic E-state index is 0.737. The summed E-state index contributed by atoms with van der Waals surface area (Å²) in [7, 11) is 0. The average molecular weight is 196 g/mol. The molecule has 0 radical (unpaired) electrons. The molecule has 2 heterocycles. The van der Waals surface area contributed by atoms with E-state index < -0.39 is 0 Å². The Hall–Kier alpha value is -0.0800. The highest BCUT2D eigenvalue weighted by Crippen LogP contribution is 2.30. The Kier molecular flexibility index (Phi) is 3.13. The van der Waals surface area contributed by atoms with Crippen molar-refractivity contribution in [1.29, 1.82) is 0 Å². The van der Waals surface area contributed by atoms with Crippen molar-refractivity contribution < 1.29 is 0 Å². The van der Waals surface area contributed by atoms with Crippen LogP contribution < -0.4 is 5.32 Å². The Morgan fingerprint density at radius 1 is 1.29 bits per heavy atom. The molecule has 82 valence electrons. The molecule has 1 unspecified atom stereocenters. The number of hydrogen-bond donors (Lipinski definition) is 1. The molecular weight excluding hydrogens is 172 g/mol. The summed E-state index contributed by atoms with van der Waals surface area (Å²) in [5.74, 6) is 1.92. The predicted octanol–water partition coefficient (Wildman–Crippen LogP) is 1.71. The van der Waals surface area contributed by atoms with Crippen LogP contribution in [0.3, 0.4) is 0 Å². The highest BCUT2D eigenvalue weighted by Gasteiger charge is 2.33. The van der Waals surface area contributed by atoms with E-state index in [2.05, 4.69) is 31.0 Å². The lowest BCUT2D eigenvalue weighted by atomic mass is 9.78. The van der Waals surface area contributed by atoms with Crippen LogP contribution in [0.15, 0.2) is 0 Å². The minimum atomic E-state index is 0.737. The molecule has 2 saturated heterocycles. The van der Waals surface area contributed by atoms with Gasteiger partial charge in [0.05, 0.1) is 0 Å². The monoisotopic (exact) mass is 196 g/mol. The summed E-state index contributed by atoms with van der Waals surface area (Å²) in [6.45, 7) is 10.9. The van der Waals surface area contributed by atoms with Crippen LogP contribution in [0.2, 0.25) is 0 Å². The SMILES string of the molecule is CC1C[C@H]2CN(C(C)C)CC[C@H]2CN1. The van der Waals surface area contributed by atoms with Crippen LogP contribution in [0.25, 0.3) is 0 Å². The first-order valence-electron chi connectivity index (χ1n) is 6.14. The second-order valence-electron chi connectivity index (χ2n) is 5.44. The maximum absolute atomic E-state index is 3.61. The summed E-state index contributed by atoms with van der Waals surface area (Å²) >= 11 is 0. The molecular formula is C12H24N2. The number of piperidine rings is 2. The molecule has 2 aliphatic rings. The Morgan fingerprint density at radius 2 is 2.07 bits per heavy atom. The zero-order valence-electron chi connectivity index (χ0n) is 9.79. The summed E-state index contributed by atoms with van der Waals surface area (Å²) in [6, 6.07) is 1.48. The van der Waals surface area contributed by atoms with Crippen LogP contribution in [-0.4, -0.2) is 36.6 Å². The fourth-order valence-corrected chi connectivity index (χ4v) is 3.00. The second-order valence-corrected chi connectivity index (χ2v) is 5.44. The molecule has 0 aliphatic carbocycles. The first-order valence-corrected chi connectivity index (χ1v) is 6.14. The van der Waals surface area contributed by atoms with Gasteiger partial charge in [-0.2, -0.15) is 0 Å². The summed E-state index contributed by atoms with van der Waals surface area (Å²) < 4.78 is 0. The van der Waals surface area contributed by atoms with Crippen molar-refractivity contribution in [3.63, 3.8) is 0 Å². The van der Waals surface area contributed by atoms with Crippen LogP contribution in [-0.2, 0) is 0 Å². The molecule has 0 aromatic heterocycles. The summed E-state index contributed by atoms with van der Waals surface area (Å²) in [5.41, 5.74) is 0. The fourth-order valence-electron chi connectivity index (χ4n) is 3.00. The molecule has 0 aromatic rings. The van der Waals surface area contributed by atoms with E-state index in [0.29, 0.717) is 0 Å². The smallest absolute Gasteiger partial charge is 0.00420 e. The van der Waals surface area contributed by atoms with Crippen LogP contribution in [0, 0.1) is 11.8 Å². The molecule has 2 nitrogen and oxygen atoms in total. The standard InChI is InChI=1S/C12H24N2/c1-9(2)14-5-4-11-7-13-10(3)6-12(11)8-14/h9-13H,4-8H2,1-3H3/t10?,11-,12-/m0/s1. The topological polar surface area (TPSA) is 15.3 Å². The Bertz CT molecular complexity index is 191. The Morgan fingerprint density at radius 3 is 2.79 bits per heavy atom. The van der Waals surface area contributed by atoms with E-state index in [9.17, 15) is 0 Å². The number of fused-ring (bicyclic) bond motifs is 1. The molecule has 0 bridgehead atoms. The fraction of sp³-hybridized carbons (Fsp3) is 1.00.